The molecule has 0 unspecified atom stereocenters. The largest absolute Gasteiger partial charge is 0.519 e. The fourth-order valence-electron chi connectivity index (χ4n) is 5.99. The Morgan fingerprint density at radius 2 is 1.07 bits per heavy atom. The van der Waals surface area contributed by atoms with Gasteiger partial charge in [-0.25, -0.2) is 4.79 Å². The van der Waals surface area contributed by atoms with Gasteiger partial charge in [-0.3, -0.25) is 20.2 Å². The average molecular weight is 885 g/mol. The Bertz CT molecular complexity index is 1690. The summed E-state index contributed by atoms with van der Waals surface area (Å²) < 4.78 is 58.3. The van der Waals surface area contributed by atoms with Crippen LogP contribution in [0.3, 0.4) is 0 Å². The highest BCUT2D eigenvalue weighted by molar-refractivity contribution is 6.74. The van der Waals surface area contributed by atoms with E-state index >= 15 is 0 Å². The molecule has 2 heterocycles. The highest BCUT2D eigenvalue weighted by Gasteiger charge is 2.44. The second-order valence-electron chi connectivity index (χ2n) is 17.8. The lowest BCUT2D eigenvalue weighted by Gasteiger charge is -2.40. The predicted octanol–water partition coefficient (Wildman–Crippen LogP) is 6.70. The van der Waals surface area contributed by atoms with Crippen molar-refractivity contribution in [1.82, 2.24) is 0 Å². The molecule has 8 atom stereocenters. The molecule has 2 aliphatic rings. The maximum atomic E-state index is 13.9. The van der Waals surface area contributed by atoms with E-state index in [4.69, 9.17) is 46.7 Å². The molecule has 0 radical (unpaired) electrons. The third-order valence-electron chi connectivity index (χ3n) is 11.8. The molecule has 0 spiro atoms. The third-order valence-corrected chi connectivity index (χ3v) is 20.8. The van der Waals surface area contributed by atoms with Gasteiger partial charge in [0.05, 0.1) is 35.3 Å². The molecular weight excluding hydrogens is 825 g/mol. The van der Waals surface area contributed by atoms with Crippen molar-refractivity contribution in [2.24, 2.45) is 0 Å². The van der Waals surface area contributed by atoms with Crippen LogP contribution < -0.4 is 9.47 Å². The predicted molar refractivity (Wildman–Crippen MR) is 220 cm³/mol. The zero-order valence-corrected chi connectivity index (χ0v) is 38.3. The van der Waals surface area contributed by atoms with Gasteiger partial charge in [-0.15, -0.1) is 0 Å². The third kappa shape index (κ3) is 11.9. The smallest absolute Gasteiger partial charge is 0.416 e. The molecule has 19 nitrogen and oxygen atoms in total. The number of rotatable bonds is 16. The highest BCUT2D eigenvalue weighted by Crippen LogP contribution is 2.43. The maximum absolute atomic E-state index is 13.9. The normalized spacial score (nSPS) is 24.0. The molecule has 0 aromatic heterocycles. The molecule has 60 heavy (non-hydrogen) atoms. The summed E-state index contributed by atoms with van der Waals surface area (Å²) in [4.78, 5) is 36.8. The molecule has 21 heteroatoms. The number of nitro groups is 2. The van der Waals surface area contributed by atoms with E-state index in [9.17, 15) is 35.2 Å². The number of nitrogens with zero attached hydrogens (tertiary/aromatic N) is 2. The van der Waals surface area contributed by atoms with Gasteiger partial charge in [0.25, 0.3) is 11.4 Å². The van der Waals surface area contributed by atoms with Gasteiger partial charge < -0.3 is 57.0 Å². The van der Waals surface area contributed by atoms with Crippen LogP contribution in [0.4, 0.5) is 16.2 Å². The number of ether oxygens (including phenoxy) is 8. The van der Waals surface area contributed by atoms with Crippen molar-refractivity contribution in [3.05, 3.63) is 67.8 Å². The molecule has 0 amide bonds. The first-order chi connectivity index (χ1) is 27.8. The maximum Gasteiger partial charge on any atom is 0.519 e. The number of carbonyl (C=O) groups excluding carboxylic acids is 1. The van der Waals surface area contributed by atoms with Gasteiger partial charge in [0.2, 0.25) is 25.2 Å². The molecule has 2 aliphatic heterocycles. The Labute approximate surface area is 352 Å². The first-order valence-electron chi connectivity index (χ1n) is 19.5. The highest BCUT2D eigenvalue weighted by atomic mass is 28.4. The van der Waals surface area contributed by atoms with E-state index in [1.807, 2.05) is 67.7 Å². The Hall–Kier alpha value is -3.46. The van der Waals surface area contributed by atoms with Crippen LogP contribution in [0, 0.1) is 20.2 Å². The molecule has 2 fully saturated rings. The van der Waals surface area contributed by atoms with E-state index in [0.717, 1.165) is 12.1 Å². The molecule has 2 N–H and O–H groups in total. The summed E-state index contributed by atoms with van der Waals surface area (Å²) in [6, 6.07) is 7.22. The van der Waals surface area contributed by atoms with Gasteiger partial charge in [-0.1, -0.05) is 41.5 Å². The minimum atomic E-state index is -2.47. The van der Waals surface area contributed by atoms with Crippen LogP contribution >= 0.6 is 0 Å². The van der Waals surface area contributed by atoms with Gasteiger partial charge in [0.1, 0.15) is 11.5 Å². The SMILES string of the molecule is CO[C@@H]1OC[C@@H]([C@@H](CO[Si](C)(C)C(C)(C)C)c2cc([N+](=O)[O-])ccc2OC(=O)Oc2ccc([N+](=O)[O-])cc2[C@H](CO[Si](C)(C)C(C)(C)C)[C@@H]2CO[C@@H](OC)[C@H](O)O2)O[C@H]1O. The number of carbonyl (C=O) groups is 1. The minimum Gasteiger partial charge on any atom is -0.416 e. The molecule has 4 rings (SSSR count). The molecule has 2 aromatic rings. The van der Waals surface area contributed by atoms with Crippen molar-refractivity contribution in [3.8, 4) is 11.5 Å². The number of hydrogen-bond donors (Lipinski definition) is 2. The number of hydrogen-bond acceptors (Lipinski definition) is 17. The van der Waals surface area contributed by atoms with Crippen LogP contribution in [0.1, 0.15) is 64.5 Å². The minimum absolute atomic E-state index is 0.0664. The molecule has 0 bridgehead atoms. The summed E-state index contributed by atoms with van der Waals surface area (Å²) in [5.41, 5.74) is -0.416. The summed E-state index contributed by atoms with van der Waals surface area (Å²) in [6.07, 6.45) is -8.44. The second-order valence-corrected chi connectivity index (χ2v) is 27.4. The lowest BCUT2D eigenvalue weighted by Crippen LogP contribution is -2.49. The number of non-ortho nitro benzene ring substituents is 2. The van der Waals surface area contributed by atoms with Gasteiger partial charge >= 0.3 is 6.16 Å². The summed E-state index contributed by atoms with van der Waals surface area (Å²) in [5, 5.41) is 45.1. The van der Waals surface area contributed by atoms with Gasteiger partial charge in [0, 0.05) is 74.7 Å². The molecule has 2 saturated heterocycles. The van der Waals surface area contributed by atoms with Crippen molar-refractivity contribution in [3.63, 3.8) is 0 Å². The standard InChI is InChI=1S/C39H60N2O17Si2/c1-38(2,3)59(9,10)53-19-27(31-21-51-35(49-7)33(42)55-31)25-17-23(40(45)46)13-15-29(25)57-37(44)58-30-16-14-24(41(47)48)18-26(30)28(20-54-60(11,12)39(4,5)6)32-22-52-36(50-8)34(43)56-32/h13-18,27-28,31-36,42-43H,19-22H2,1-12H3/t27-,28-,31-,32-,33+,34+,35+,36+/m0/s1. The van der Waals surface area contributed by atoms with Crippen LogP contribution in [-0.4, -0.2) is 121 Å². The van der Waals surface area contributed by atoms with Gasteiger partial charge in [-0.05, 0) is 48.4 Å². The van der Waals surface area contributed by atoms with E-state index in [-0.39, 0.29) is 70.5 Å². The molecule has 336 valence electrons. The van der Waals surface area contributed by atoms with Crippen molar-refractivity contribution in [2.45, 2.75) is 127 Å². The second kappa shape index (κ2) is 19.7. The zero-order valence-electron chi connectivity index (χ0n) is 36.3. The summed E-state index contributed by atoms with van der Waals surface area (Å²) in [7, 11) is -2.26. The fraction of sp³-hybridized carbons (Fsp3) is 0.667. The summed E-state index contributed by atoms with van der Waals surface area (Å²) in [6.45, 7) is 20.0. The van der Waals surface area contributed by atoms with E-state index in [1.54, 1.807) is 0 Å². The summed E-state index contributed by atoms with van der Waals surface area (Å²) in [5.74, 6) is -2.10. The Morgan fingerprint density at radius 3 is 1.35 bits per heavy atom. The van der Waals surface area contributed by atoms with Crippen LogP contribution in [0.2, 0.25) is 36.3 Å². The monoisotopic (exact) mass is 884 g/mol. The van der Waals surface area contributed by atoms with Crippen LogP contribution in [-0.2, 0) is 37.3 Å². The molecule has 0 saturated carbocycles. The van der Waals surface area contributed by atoms with Gasteiger partial charge in [0.15, 0.2) is 16.6 Å². The lowest BCUT2D eigenvalue weighted by atomic mass is 9.92. The fourth-order valence-corrected chi connectivity index (χ4v) is 8.05. The zero-order chi connectivity index (χ0) is 45.0. The topological polar surface area (TPSA) is 236 Å². The first-order valence-corrected chi connectivity index (χ1v) is 25.3. The first kappa shape index (κ1) is 49.2. The quantitative estimate of drug-likeness (QED) is 0.0586. The van der Waals surface area contributed by atoms with E-state index < -0.39 is 81.8 Å². The molecule has 2 aromatic carbocycles. The van der Waals surface area contributed by atoms with Crippen LogP contribution in [0.5, 0.6) is 11.5 Å². The number of methoxy groups -OCH3 is 2. The van der Waals surface area contributed by atoms with Crippen molar-refractivity contribution in [2.75, 3.05) is 40.6 Å². The molecular formula is C39H60N2O17Si2. The number of nitro benzene ring substituents is 2. The van der Waals surface area contributed by atoms with E-state index in [0.29, 0.717) is 0 Å². The van der Waals surface area contributed by atoms with Crippen LogP contribution in [0.15, 0.2) is 36.4 Å². The van der Waals surface area contributed by atoms with Crippen molar-refractivity contribution >= 4 is 34.2 Å². The average Bonchev–Trinajstić information content (AvgIpc) is 3.15. The van der Waals surface area contributed by atoms with Crippen molar-refractivity contribution < 1.29 is 71.6 Å². The van der Waals surface area contributed by atoms with Crippen molar-refractivity contribution in [1.29, 1.82) is 0 Å². The number of benzene rings is 2. The lowest BCUT2D eigenvalue weighted by molar-refractivity contribution is -0.385. The van der Waals surface area contributed by atoms with Crippen LogP contribution in [0.25, 0.3) is 0 Å². The summed E-state index contributed by atoms with van der Waals surface area (Å²) >= 11 is 0. The molecule has 0 aliphatic carbocycles. The Balaban J connectivity index is 1.77. The number of aliphatic hydroxyl groups is 2. The Kier molecular flexibility index (Phi) is 16.2. The van der Waals surface area contributed by atoms with E-state index in [2.05, 4.69) is 0 Å². The van der Waals surface area contributed by atoms with E-state index in [1.165, 1.54) is 38.5 Å². The Morgan fingerprint density at radius 1 is 0.717 bits per heavy atom. The number of aliphatic hydroxyl groups excluding tert-OH is 2. The van der Waals surface area contributed by atoms with Gasteiger partial charge in [-0.2, -0.15) is 0 Å².